The average molecular weight is 371 g/mol. The number of esters is 1. The summed E-state index contributed by atoms with van der Waals surface area (Å²) in [5, 5.41) is 14.9. The third-order valence-electron chi connectivity index (χ3n) is 4.21. The Hall–Kier alpha value is -2.90. The molecule has 0 aliphatic carbocycles. The van der Waals surface area contributed by atoms with E-state index in [4.69, 9.17) is 9.47 Å². The highest BCUT2D eigenvalue weighted by Crippen LogP contribution is 2.36. The number of ether oxygens (including phenoxy) is 2. The number of anilines is 1. The predicted molar refractivity (Wildman–Crippen MR) is 100 cm³/mol. The van der Waals surface area contributed by atoms with Crippen LogP contribution in [0.3, 0.4) is 0 Å². The van der Waals surface area contributed by atoms with Gasteiger partial charge in [0, 0.05) is 5.70 Å². The molecule has 8 nitrogen and oxygen atoms in total. The van der Waals surface area contributed by atoms with Crippen LogP contribution in [0, 0.1) is 0 Å². The molecule has 3 rings (SSSR count). The van der Waals surface area contributed by atoms with Crippen LogP contribution in [0.2, 0.25) is 0 Å². The Kier molecular flexibility index (Phi) is 5.73. The maximum atomic E-state index is 12.8. The second-order valence-corrected chi connectivity index (χ2v) is 6.74. The van der Waals surface area contributed by atoms with E-state index in [0.717, 1.165) is 24.2 Å². The van der Waals surface area contributed by atoms with Gasteiger partial charge in [-0.05, 0) is 55.3 Å². The Morgan fingerprint density at radius 1 is 1.37 bits per heavy atom. The van der Waals surface area contributed by atoms with Crippen LogP contribution in [-0.4, -0.2) is 38.9 Å². The molecule has 0 saturated carbocycles. The number of aromatic nitrogens is 4. The third-order valence-corrected chi connectivity index (χ3v) is 4.21. The summed E-state index contributed by atoms with van der Waals surface area (Å²) >= 11 is 0. The lowest BCUT2D eigenvalue weighted by molar-refractivity contribution is -0.139. The van der Waals surface area contributed by atoms with Gasteiger partial charge >= 0.3 is 5.97 Å². The van der Waals surface area contributed by atoms with Gasteiger partial charge in [0.05, 0.1) is 18.3 Å². The number of allylic oxidation sites excluding steroid dienone is 1. The molecule has 27 heavy (non-hydrogen) atoms. The zero-order valence-corrected chi connectivity index (χ0v) is 16.1. The normalized spacial score (nSPS) is 16.1. The Bertz CT molecular complexity index is 843. The lowest BCUT2D eigenvalue weighted by Crippen LogP contribution is -2.30. The minimum atomic E-state index is -0.485. The van der Waals surface area contributed by atoms with Crippen LogP contribution in [-0.2, 0) is 9.53 Å². The zero-order chi connectivity index (χ0) is 19.4. The number of hydrogen-bond acceptors (Lipinski definition) is 7. The number of fused-ring (bicyclic) bond motifs is 1. The fourth-order valence-corrected chi connectivity index (χ4v) is 3.00. The van der Waals surface area contributed by atoms with Crippen molar-refractivity contribution in [3.8, 4) is 5.75 Å². The Morgan fingerprint density at radius 2 is 2.19 bits per heavy atom. The van der Waals surface area contributed by atoms with E-state index in [1.165, 1.54) is 0 Å². The lowest BCUT2D eigenvalue weighted by Gasteiger charge is -2.27. The van der Waals surface area contributed by atoms with E-state index in [9.17, 15) is 4.79 Å². The van der Waals surface area contributed by atoms with Gasteiger partial charge in [0.15, 0.2) is 0 Å². The molecule has 0 amide bonds. The number of carbonyl (C=O) groups excluding carboxylic acids is 1. The second kappa shape index (κ2) is 8.20. The molecule has 1 unspecified atom stereocenters. The Balaban J connectivity index is 2.00. The summed E-state index contributed by atoms with van der Waals surface area (Å²) in [6, 6.07) is 7.14. The van der Waals surface area contributed by atoms with Gasteiger partial charge in [-0.25, -0.2) is 4.79 Å². The van der Waals surface area contributed by atoms with Crippen molar-refractivity contribution in [1.82, 2.24) is 20.2 Å². The Morgan fingerprint density at radius 3 is 2.93 bits per heavy atom. The molecule has 2 heterocycles. The van der Waals surface area contributed by atoms with E-state index >= 15 is 0 Å². The maximum Gasteiger partial charge on any atom is 0.338 e. The average Bonchev–Trinajstić information content (AvgIpc) is 3.08. The second-order valence-electron chi connectivity index (χ2n) is 6.74. The van der Waals surface area contributed by atoms with Crippen molar-refractivity contribution in [3.05, 3.63) is 41.1 Å². The predicted octanol–water partition coefficient (Wildman–Crippen LogP) is 3.09. The molecule has 144 valence electrons. The minimum absolute atomic E-state index is 0.0487. The first-order valence-electron chi connectivity index (χ1n) is 9.20. The van der Waals surface area contributed by atoms with Crippen molar-refractivity contribution in [2.75, 3.05) is 11.9 Å². The summed E-state index contributed by atoms with van der Waals surface area (Å²) in [6.45, 7) is 8.21. The van der Waals surface area contributed by atoms with Gasteiger partial charge < -0.3 is 14.8 Å². The number of carbonyl (C=O) groups is 1. The summed E-state index contributed by atoms with van der Waals surface area (Å²) < 4.78 is 12.9. The molecule has 1 N–H and O–H groups in total. The van der Waals surface area contributed by atoms with Crippen LogP contribution in [0.4, 0.5) is 5.95 Å². The van der Waals surface area contributed by atoms with Gasteiger partial charge in [0.1, 0.15) is 11.8 Å². The summed E-state index contributed by atoms with van der Waals surface area (Å²) in [4.78, 5) is 12.8. The number of tetrazole rings is 1. The monoisotopic (exact) mass is 371 g/mol. The molecule has 1 aromatic heterocycles. The highest BCUT2D eigenvalue weighted by molar-refractivity contribution is 5.92. The van der Waals surface area contributed by atoms with Crippen molar-refractivity contribution >= 4 is 11.9 Å². The van der Waals surface area contributed by atoms with E-state index in [2.05, 4.69) is 27.8 Å². The number of benzene rings is 1. The standard InChI is InChI=1S/C19H25N5O3/c1-5-6-10-26-18(25)16-13(4)20-19-21-22-23-24(19)17(16)14-8-7-9-15(11-14)27-12(2)3/h7-9,11-12,17H,5-6,10H2,1-4H3,(H,20,21,23). The van der Waals surface area contributed by atoms with Crippen LogP contribution >= 0.6 is 0 Å². The molecule has 0 fully saturated rings. The molecule has 1 aliphatic heterocycles. The van der Waals surface area contributed by atoms with Gasteiger partial charge in [-0.1, -0.05) is 30.6 Å². The highest BCUT2D eigenvalue weighted by atomic mass is 16.5. The van der Waals surface area contributed by atoms with Crippen molar-refractivity contribution in [2.45, 2.75) is 52.7 Å². The first-order valence-corrected chi connectivity index (χ1v) is 9.20. The van der Waals surface area contributed by atoms with Crippen LogP contribution in [0.1, 0.15) is 52.1 Å². The Labute approximate surface area is 158 Å². The highest BCUT2D eigenvalue weighted by Gasteiger charge is 2.35. The number of nitrogens with zero attached hydrogens (tertiary/aromatic N) is 4. The zero-order valence-electron chi connectivity index (χ0n) is 16.1. The maximum absolute atomic E-state index is 12.8. The fraction of sp³-hybridized carbons (Fsp3) is 0.474. The molecule has 2 aromatic rings. The number of rotatable bonds is 7. The van der Waals surface area contributed by atoms with Crippen molar-refractivity contribution in [1.29, 1.82) is 0 Å². The van der Waals surface area contributed by atoms with Crippen LogP contribution < -0.4 is 10.1 Å². The van der Waals surface area contributed by atoms with E-state index in [1.807, 2.05) is 45.0 Å². The molecule has 0 radical (unpaired) electrons. The van der Waals surface area contributed by atoms with E-state index in [0.29, 0.717) is 23.8 Å². The first kappa shape index (κ1) is 18.9. The number of hydrogen-bond donors (Lipinski definition) is 1. The molecule has 0 bridgehead atoms. The minimum Gasteiger partial charge on any atom is -0.491 e. The van der Waals surface area contributed by atoms with Gasteiger partial charge in [0.2, 0.25) is 5.95 Å². The van der Waals surface area contributed by atoms with Crippen LogP contribution in [0.15, 0.2) is 35.5 Å². The SMILES string of the molecule is CCCCOC(=O)C1=C(C)Nc2nnnn2C1c1cccc(OC(C)C)c1. The van der Waals surface area contributed by atoms with Crippen LogP contribution in [0.5, 0.6) is 5.75 Å². The van der Waals surface area contributed by atoms with E-state index in [-0.39, 0.29) is 12.1 Å². The molecule has 1 aliphatic rings. The third kappa shape index (κ3) is 4.10. The van der Waals surface area contributed by atoms with Crippen molar-refractivity contribution < 1.29 is 14.3 Å². The smallest absolute Gasteiger partial charge is 0.338 e. The molecular formula is C19H25N5O3. The molecule has 0 saturated heterocycles. The van der Waals surface area contributed by atoms with Crippen molar-refractivity contribution in [2.24, 2.45) is 0 Å². The van der Waals surface area contributed by atoms with Crippen molar-refractivity contribution in [3.63, 3.8) is 0 Å². The summed E-state index contributed by atoms with van der Waals surface area (Å²) in [5.41, 5.74) is 2.02. The molecule has 1 aromatic carbocycles. The largest absolute Gasteiger partial charge is 0.491 e. The summed E-state index contributed by atoms with van der Waals surface area (Å²) in [7, 11) is 0. The fourth-order valence-electron chi connectivity index (χ4n) is 3.00. The lowest BCUT2D eigenvalue weighted by atomic mass is 9.95. The van der Waals surface area contributed by atoms with Gasteiger partial charge in [-0.2, -0.15) is 4.68 Å². The summed E-state index contributed by atoms with van der Waals surface area (Å²) in [6.07, 6.45) is 1.83. The van der Waals surface area contributed by atoms with Gasteiger partial charge in [-0.15, -0.1) is 0 Å². The van der Waals surface area contributed by atoms with E-state index in [1.54, 1.807) is 4.68 Å². The van der Waals surface area contributed by atoms with Gasteiger partial charge in [0.25, 0.3) is 0 Å². The van der Waals surface area contributed by atoms with E-state index < -0.39 is 6.04 Å². The molecule has 1 atom stereocenters. The summed E-state index contributed by atoms with van der Waals surface area (Å²) in [5.74, 6) is 0.847. The molecular weight excluding hydrogens is 346 g/mol. The topological polar surface area (TPSA) is 91.2 Å². The number of nitrogens with one attached hydrogen (secondary N) is 1. The first-order chi connectivity index (χ1) is 13.0. The quantitative estimate of drug-likeness (QED) is 0.591. The molecule has 8 heteroatoms. The van der Waals surface area contributed by atoms with Gasteiger partial charge in [-0.3, -0.25) is 0 Å². The number of unbranched alkanes of at least 4 members (excludes halogenated alkanes) is 1. The molecule has 0 spiro atoms. The van der Waals surface area contributed by atoms with Crippen LogP contribution in [0.25, 0.3) is 0 Å².